The second-order valence-electron chi connectivity index (χ2n) is 2.00. The first-order valence-corrected chi connectivity index (χ1v) is 3.35. The lowest BCUT2D eigenvalue weighted by Gasteiger charge is -2.02. The van der Waals surface area contributed by atoms with E-state index in [0.29, 0.717) is 0 Å². The van der Waals surface area contributed by atoms with E-state index >= 15 is 0 Å². The molecule has 12 heavy (non-hydrogen) atoms. The van der Waals surface area contributed by atoms with E-state index in [2.05, 4.69) is 5.32 Å². The van der Waals surface area contributed by atoms with Gasteiger partial charge in [-0.2, -0.15) is 0 Å². The van der Waals surface area contributed by atoms with Crippen LogP contribution in [0.1, 0.15) is 0 Å². The summed E-state index contributed by atoms with van der Waals surface area (Å²) in [6.07, 6.45) is 0. The van der Waals surface area contributed by atoms with Crippen molar-refractivity contribution in [1.82, 2.24) is 0 Å². The van der Waals surface area contributed by atoms with Crippen molar-refractivity contribution in [2.24, 2.45) is 0 Å². The number of nitrogens with one attached hydrogen (secondary N) is 1. The van der Waals surface area contributed by atoms with Gasteiger partial charge in [0.1, 0.15) is 11.6 Å². The van der Waals surface area contributed by atoms with Crippen LogP contribution in [0.2, 0.25) is 5.02 Å². The molecular weight excluding hydrogens is 207 g/mol. The predicted octanol–water partition coefficient (Wildman–Crippen LogP) is 3.08. The Hall–Kier alpha value is -0.540. The largest absolute Gasteiger partial charge is 0.386 e. The minimum absolute atomic E-state index is 0. The molecule has 1 rings (SSSR count). The standard InChI is InChI=1S/C7H6ClF2N.ClH/c1-11-7-2-4(8)5(9)3-6(7)10;/h2-3,11H,1H3;1H. The summed E-state index contributed by atoms with van der Waals surface area (Å²) in [6, 6.07) is 1.94. The van der Waals surface area contributed by atoms with Gasteiger partial charge >= 0.3 is 0 Å². The van der Waals surface area contributed by atoms with E-state index in [4.69, 9.17) is 11.6 Å². The van der Waals surface area contributed by atoms with Gasteiger partial charge in [-0.05, 0) is 6.07 Å². The van der Waals surface area contributed by atoms with E-state index in [1.54, 1.807) is 0 Å². The molecule has 0 radical (unpaired) electrons. The minimum atomic E-state index is -0.747. The predicted molar refractivity (Wildman–Crippen MR) is 48.2 cm³/mol. The maximum Gasteiger partial charge on any atom is 0.149 e. The zero-order valence-electron chi connectivity index (χ0n) is 6.20. The molecule has 68 valence electrons. The molecule has 1 N–H and O–H groups in total. The van der Waals surface area contributed by atoms with Gasteiger partial charge < -0.3 is 5.32 Å². The Kier molecular flexibility index (Phi) is 4.28. The van der Waals surface area contributed by atoms with Crippen molar-refractivity contribution in [3.8, 4) is 0 Å². The van der Waals surface area contributed by atoms with E-state index in [1.807, 2.05) is 0 Å². The Balaban J connectivity index is 0.00000121. The van der Waals surface area contributed by atoms with Crippen LogP contribution >= 0.6 is 24.0 Å². The van der Waals surface area contributed by atoms with Crippen LogP contribution in [-0.4, -0.2) is 7.05 Å². The van der Waals surface area contributed by atoms with Crippen LogP contribution in [0.15, 0.2) is 12.1 Å². The fraction of sp³-hybridized carbons (Fsp3) is 0.143. The summed E-state index contributed by atoms with van der Waals surface area (Å²) in [7, 11) is 1.53. The minimum Gasteiger partial charge on any atom is -0.386 e. The quantitative estimate of drug-likeness (QED) is 0.708. The van der Waals surface area contributed by atoms with Crippen LogP contribution in [0.25, 0.3) is 0 Å². The molecule has 0 unspecified atom stereocenters. The van der Waals surface area contributed by atoms with E-state index in [1.165, 1.54) is 13.1 Å². The van der Waals surface area contributed by atoms with Gasteiger partial charge in [0, 0.05) is 13.1 Å². The van der Waals surface area contributed by atoms with Gasteiger partial charge in [0.25, 0.3) is 0 Å². The van der Waals surface area contributed by atoms with Crippen LogP contribution in [-0.2, 0) is 0 Å². The highest BCUT2D eigenvalue weighted by Gasteiger charge is 2.05. The van der Waals surface area contributed by atoms with Gasteiger partial charge in [0.15, 0.2) is 0 Å². The Morgan fingerprint density at radius 2 is 1.83 bits per heavy atom. The van der Waals surface area contributed by atoms with Crippen LogP contribution < -0.4 is 5.32 Å². The highest BCUT2D eigenvalue weighted by molar-refractivity contribution is 6.31. The number of anilines is 1. The van der Waals surface area contributed by atoms with Crippen molar-refractivity contribution in [3.63, 3.8) is 0 Å². The maximum absolute atomic E-state index is 12.7. The van der Waals surface area contributed by atoms with E-state index in [-0.39, 0.29) is 23.1 Å². The second kappa shape index (κ2) is 4.48. The summed E-state index contributed by atoms with van der Waals surface area (Å²) in [4.78, 5) is 0. The summed E-state index contributed by atoms with van der Waals surface area (Å²) >= 11 is 5.38. The van der Waals surface area contributed by atoms with E-state index < -0.39 is 11.6 Å². The van der Waals surface area contributed by atoms with Gasteiger partial charge in [-0.25, -0.2) is 8.78 Å². The van der Waals surface area contributed by atoms with E-state index in [9.17, 15) is 8.78 Å². The summed E-state index contributed by atoms with van der Waals surface area (Å²) in [5.74, 6) is -1.39. The molecule has 1 nitrogen and oxygen atoms in total. The molecule has 0 saturated heterocycles. The van der Waals surface area contributed by atoms with Crippen molar-refractivity contribution in [2.45, 2.75) is 0 Å². The summed E-state index contributed by atoms with van der Waals surface area (Å²) in [5.41, 5.74) is 0.191. The lowest BCUT2D eigenvalue weighted by atomic mass is 10.3. The van der Waals surface area contributed by atoms with Crippen molar-refractivity contribution in [3.05, 3.63) is 28.8 Å². The Morgan fingerprint density at radius 3 is 2.33 bits per heavy atom. The second-order valence-corrected chi connectivity index (χ2v) is 2.40. The summed E-state index contributed by atoms with van der Waals surface area (Å²) in [5, 5.41) is 2.45. The molecule has 0 aliphatic carbocycles. The zero-order chi connectivity index (χ0) is 8.43. The smallest absolute Gasteiger partial charge is 0.149 e. The van der Waals surface area contributed by atoms with Crippen LogP contribution in [0.4, 0.5) is 14.5 Å². The fourth-order valence-electron chi connectivity index (χ4n) is 0.714. The topological polar surface area (TPSA) is 12.0 Å². The van der Waals surface area contributed by atoms with Gasteiger partial charge in [0.05, 0.1) is 10.7 Å². The monoisotopic (exact) mass is 213 g/mol. The molecule has 0 spiro atoms. The lowest BCUT2D eigenvalue weighted by molar-refractivity contribution is 0.586. The first-order valence-electron chi connectivity index (χ1n) is 2.97. The normalized spacial score (nSPS) is 9.00. The Bertz CT molecular complexity index is 278. The van der Waals surface area contributed by atoms with Crippen LogP contribution in [0, 0.1) is 11.6 Å². The van der Waals surface area contributed by atoms with Crippen molar-refractivity contribution >= 4 is 29.7 Å². The molecule has 1 aromatic carbocycles. The van der Waals surface area contributed by atoms with Crippen LogP contribution in [0.3, 0.4) is 0 Å². The van der Waals surface area contributed by atoms with E-state index in [0.717, 1.165) is 6.07 Å². The SMILES string of the molecule is CNc1cc(Cl)c(F)cc1F.Cl. The third-order valence-electron chi connectivity index (χ3n) is 1.28. The van der Waals surface area contributed by atoms with Gasteiger partial charge in [-0.3, -0.25) is 0 Å². The van der Waals surface area contributed by atoms with Gasteiger partial charge in [-0.15, -0.1) is 12.4 Å². The zero-order valence-corrected chi connectivity index (χ0v) is 7.77. The van der Waals surface area contributed by atoms with Crippen LogP contribution in [0.5, 0.6) is 0 Å². The molecule has 0 saturated carbocycles. The van der Waals surface area contributed by atoms with Crippen molar-refractivity contribution in [1.29, 1.82) is 0 Å². The third-order valence-corrected chi connectivity index (χ3v) is 1.57. The average molecular weight is 214 g/mol. The average Bonchev–Trinajstić information content (AvgIpc) is 1.97. The molecule has 0 aliphatic rings. The highest BCUT2D eigenvalue weighted by atomic mass is 35.5. The van der Waals surface area contributed by atoms with Crippen molar-refractivity contribution < 1.29 is 8.78 Å². The number of halogens is 4. The molecule has 0 heterocycles. The Morgan fingerprint density at radius 1 is 1.25 bits per heavy atom. The number of rotatable bonds is 1. The number of hydrogen-bond acceptors (Lipinski definition) is 1. The molecular formula is C7H7Cl2F2N. The molecule has 0 amide bonds. The van der Waals surface area contributed by atoms with Gasteiger partial charge in [0.2, 0.25) is 0 Å². The summed E-state index contributed by atoms with van der Waals surface area (Å²) < 4.78 is 25.2. The highest BCUT2D eigenvalue weighted by Crippen LogP contribution is 2.22. The lowest BCUT2D eigenvalue weighted by Crippen LogP contribution is -1.93. The molecule has 0 aliphatic heterocycles. The number of benzene rings is 1. The maximum atomic E-state index is 12.7. The molecule has 0 atom stereocenters. The molecule has 0 aromatic heterocycles. The summed E-state index contributed by atoms with van der Waals surface area (Å²) in [6.45, 7) is 0. The first kappa shape index (κ1) is 11.5. The number of hydrogen-bond donors (Lipinski definition) is 1. The first-order chi connectivity index (χ1) is 5.15. The van der Waals surface area contributed by atoms with Crippen molar-refractivity contribution in [2.75, 3.05) is 12.4 Å². The molecule has 0 bridgehead atoms. The third kappa shape index (κ3) is 2.22. The van der Waals surface area contributed by atoms with Gasteiger partial charge in [-0.1, -0.05) is 11.6 Å². The fourth-order valence-corrected chi connectivity index (χ4v) is 0.878. The Labute approximate surface area is 80.1 Å². The molecule has 0 fully saturated rings. The molecule has 5 heteroatoms. The molecule has 1 aromatic rings.